The molecule has 3 heteroatoms. The van der Waals surface area contributed by atoms with Gasteiger partial charge in [0.05, 0.1) is 6.10 Å². The summed E-state index contributed by atoms with van der Waals surface area (Å²) in [6.07, 6.45) is 4.45. The second kappa shape index (κ2) is 7.50. The van der Waals surface area contributed by atoms with Gasteiger partial charge in [-0.2, -0.15) is 0 Å². The quantitative estimate of drug-likeness (QED) is 0.677. The van der Waals surface area contributed by atoms with Gasteiger partial charge in [-0.3, -0.25) is 0 Å². The van der Waals surface area contributed by atoms with Crippen molar-refractivity contribution in [1.29, 1.82) is 0 Å². The fraction of sp³-hybridized carbons (Fsp3) is 0.368. The third kappa shape index (κ3) is 4.04. The number of aryl methyl sites for hydroxylation is 1. The van der Waals surface area contributed by atoms with Crippen LogP contribution in [0.25, 0.3) is 0 Å². The standard InChI is InChI=1S/C19H20Cl2O/c20-17-8-6-15(19(21)13-17)7-9-18-12-16(10-11-22-18)14-4-2-1-3-5-14/h1-6,8,13,16,18H,7,9-12H2/t16-,18+/m1/s1. The van der Waals surface area contributed by atoms with E-state index in [4.69, 9.17) is 27.9 Å². The zero-order valence-electron chi connectivity index (χ0n) is 12.5. The maximum atomic E-state index is 6.25. The molecule has 0 unspecified atom stereocenters. The maximum absolute atomic E-state index is 6.25. The van der Waals surface area contributed by atoms with Gasteiger partial charge in [-0.25, -0.2) is 0 Å². The molecule has 22 heavy (non-hydrogen) atoms. The summed E-state index contributed by atoms with van der Waals surface area (Å²) in [5, 5.41) is 1.44. The van der Waals surface area contributed by atoms with Gasteiger partial charge in [0.15, 0.2) is 0 Å². The van der Waals surface area contributed by atoms with Crippen molar-refractivity contribution >= 4 is 23.2 Å². The summed E-state index contributed by atoms with van der Waals surface area (Å²) in [6.45, 7) is 0.846. The minimum Gasteiger partial charge on any atom is -0.378 e. The number of ether oxygens (including phenoxy) is 1. The number of benzene rings is 2. The lowest BCUT2D eigenvalue weighted by Crippen LogP contribution is -2.25. The Balaban J connectivity index is 1.59. The minimum absolute atomic E-state index is 0.311. The number of hydrogen-bond acceptors (Lipinski definition) is 1. The smallest absolute Gasteiger partial charge is 0.0584 e. The zero-order chi connectivity index (χ0) is 15.4. The van der Waals surface area contributed by atoms with Gasteiger partial charge in [0, 0.05) is 16.7 Å². The van der Waals surface area contributed by atoms with Crippen molar-refractivity contribution in [2.45, 2.75) is 37.7 Å². The summed E-state index contributed by atoms with van der Waals surface area (Å²) in [5.74, 6) is 0.612. The molecular weight excluding hydrogens is 315 g/mol. The minimum atomic E-state index is 0.311. The van der Waals surface area contributed by atoms with Crippen molar-refractivity contribution in [2.24, 2.45) is 0 Å². The monoisotopic (exact) mass is 334 g/mol. The van der Waals surface area contributed by atoms with E-state index in [-0.39, 0.29) is 0 Å². The van der Waals surface area contributed by atoms with Gasteiger partial charge in [0.25, 0.3) is 0 Å². The molecule has 1 aliphatic heterocycles. The second-order valence-electron chi connectivity index (χ2n) is 5.90. The Kier molecular flexibility index (Phi) is 5.41. The zero-order valence-corrected chi connectivity index (χ0v) is 14.0. The fourth-order valence-corrected chi connectivity index (χ4v) is 3.65. The Morgan fingerprint density at radius 1 is 1.05 bits per heavy atom. The molecule has 0 radical (unpaired) electrons. The normalized spacial score (nSPS) is 21.7. The molecule has 3 rings (SSSR count). The summed E-state index contributed by atoms with van der Waals surface area (Å²) < 4.78 is 5.95. The Morgan fingerprint density at radius 3 is 2.64 bits per heavy atom. The highest BCUT2D eigenvalue weighted by Gasteiger charge is 2.23. The van der Waals surface area contributed by atoms with Crippen LogP contribution >= 0.6 is 23.2 Å². The molecule has 0 saturated carbocycles. The van der Waals surface area contributed by atoms with Crippen molar-refractivity contribution < 1.29 is 4.74 Å². The molecule has 1 heterocycles. The van der Waals surface area contributed by atoms with Crippen LogP contribution in [-0.2, 0) is 11.2 Å². The van der Waals surface area contributed by atoms with E-state index in [9.17, 15) is 0 Å². The van der Waals surface area contributed by atoms with E-state index >= 15 is 0 Å². The molecule has 0 bridgehead atoms. The Labute approximate surface area is 142 Å². The topological polar surface area (TPSA) is 9.23 Å². The lowest BCUT2D eigenvalue weighted by atomic mass is 9.87. The average molecular weight is 335 g/mol. The summed E-state index contributed by atoms with van der Waals surface area (Å²) in [6, 6.07) is 16.5. The SMILES string of the molecule is Clc1ccc(CC[C@H]2C[C@H](c3ccccc3)CCO2)c(Cl)c1. The first-order chi connectivity index (χ1) is 10.7. The van der Waals surface area contributed by atoms with Crippen LogP contribution in [0, 0.1) is 0 Å². The first-order valence-electron chi connectivity index (χ1n) is 7.83. The second-order valence-corrected chi connectivity index (χ2v) is 6.74. The molecule has 1 fully saturated rings. The summed E-state index contributed by atoms with van der Waals surface area (Å²) >= 11 is 12.2. The van der Waals surface area contributed by atoms with Gasteiger partial charge in [-0.05, 0) is 54.9 Å². The van der Waals surface area contributed by atoms with Crippen LogP contribution in [0.15, 0.2) is 48.5 Å². The van der Waals surface area contributed by atoms with Gasteiger partial charge >= 0.3 is 0 Å². The van der Waals surface area contributed by atoms with Crippen LogP contribution in [0.4, 0.5) is 0 Å². The summed E-state index contributed by atoms with van der Waals surface area (Å²) in [4.78, 5) is 0. The first kappa shape index (κ1) is 15.9. The van der Waals surface area contributed by atoms with E-state index in [0.717, 1.165) is 42.9 Å². The lowest BCUT2D eigenvalue weighted by molar-refractivity contribution is 0.00220. The van der Waals surface area contributed by atoms with Crippen LogP contribution in [0.1, 0.15) is 36.3 Å². The van der Waals surface area contributed by atoms with Crippen molar-refractivity contribution in [2.75, 3.05) is 6.61 Å². The molecule has 0 aromatic heterocycles. The van der Waals surface area contributed by atoms with Gasteiger partial charge in [-0.15, -0.1) is 0 Å². The summed E-state index contributed by atoms with van der Waals surface area (Å²) in [7, 11) is 0. The molecule has 2 aromatic rings. The molecule has 116 valence electrons. The predicted octanol–water partition coefficient (Wildman–Crippen LogP) is 5.89. The molecular formula is C19H20Cl2O. The van der Waals surface area contributed by atoms with E-state index in [2.05, 4.69) is 30.3 Å². The van der Waals surface area contributed by atoms with Crippen molar-refractivity contribution in [1.82, 2.24) is 0 Å². The van der Waals surface area contributed by atoms with Gasteiger partial charge in [0.2, 0.25) is 0 Å². The van der Waals surface area contributed by atoms with Crippen LogP contribution in [0.5, 0.6) is 0 Å². The Bertz CT molecular complexity index is 612. The number of rotatable bonds is 4. The molecule has 2 aromatic carbocycles. The van der Waals surface area contributed by atoms with Crippen molar-refractivity contribution in [3.05, 3.63) is 69.7 Å². The van der Waals surface area contributed by atoms with Crippen molar-refractivity contribution in [3.63, 3.8) is 0 Å². The van der Waals surface area contributed by atoms with Gasteiger partial charge in [0.1, 0.15) is 0 Å². The largest absolute Gasteiger partial charge is 0.378 e. The summed E-state index contributed by atoms with van der Waals surface area (Å²) in [5.41, 5.74) is 2.58. The highest BCUT2D eigenvalue weighted by atomic mass is 35.5. The highest BCUT2D eigenvalue weighted by Crippen LogP contribution is 2.32. The van der Waals surface area contributed by atoms with E-state index in [1.165, 1.54) is 5.56 Å². The van der Waals surface area contributed by atoms with E-state index < -0.39 is 0 Å². The third-order valence-corrected chi connectivity index (χ3v) is 4.98. The van der Waals surface area contributed by atoms with Crippen LogP contribution in [0.3, 0.4) is 0 Å². The molecule has 0 N–H and O–H groups in total. The van der Waals surface area contributed by atoms with Gasteiger partial charge < -0.3 is 4.74 Å². The Hall–Kier alpha value is -1.02. The van der Waals surface area contributed by atoms with Crippen molar-refractivity contribution in [3.8, 4) is 0 Å². The molecule has 0 amide bonds. The van der Waals surface area contributed by atoms with Gasteiger partial charge in [-0.1, -0.05) is 59.6 Å². The molecule has 1 aliphatic rings. The molecule has 1 saturated heterocycles. The first-order valence-corrected chi connectivity index (χ1v) is 8.58. The maximum Gasteiger partial charge on any atom is 0.0584 e. The van der Waals surface area contributed by atoms with E-state index in [1.807, 2.05) is 18.2 Å². The molecule has 1 nitrogen and oxygen atoms in total. The fourth-order valence-electron chi connectivity index (χ4n) is 3.15. The average Bonchev–Trinajstić information content (AvgIpc) is 2.55. The number of hydrogen-bond donors (Lipinski definition) is 0. The molecule has 0 aliphatic carbocycles. The van der Waals surface area contributed by atoms with E-state index in [1.54, 1.807) is 0 Å². The molecule has 2 atom stereocenters. The van der Waals surface area contributed by atoms with Crippen LogP contribution in [-0.4, -0.2) is 12.7 Å². The Morgan fingerprint density at radius 2 is 1.86 bits per heavy atom. The molecule has 0 spiro atoms. The van der Waals surface area contributed by atoms with E-state index in [0.29, 0.717) is 17.0 Å². The van der Waals surface area contributed by atoms with Crippen LogP contribution in [0.2, 0.25) is 10.0 Å². The third-order valence-electron chi connectivity index (χ3n) is 4.39. The van der Waals surface area contributed by atoms with Crippen LogP contribution < -0.4 is 0 Å². The number of halogens is 2. The lowest BCUT2D eigenvalue weighted by Gasteiger charge is -2.30. The highest BCUT2D eigenvalue weighted by molar-refractivity contribution is 6.35. The predicted molar refractivity (Wildman–Crippen MR) is 92.9 cm³/mol.